The molecule has 5 nitrogen and oxygen atoms in total. The van der Waals surface area contributed by atoms with Crippen molar-refractivity contribution in [1.29, 1.82) is 0 Å². The standard InChI is InChI=1S/C15H29N3O2/c1-5-11-16-14(15(19-6-2)20-7-3)9-8-13-10-12-17-18(13)4/h10,12,14-16H,5-9,11H2,1-4H3. The molecule has 1 heterocycles. The first-order valence-corrected chi connectivity index (χ1v) is 7.66. The lowest BCUT2D eigenvalue weighted by Crippen LogP contribution is -2.43. The number of nitrogens with zero attached hydrogens (tertiary/aromatic N) is 2. The fourth-order valence-corrected chi connectivity index (χ4v) is 2.22. The fourth-order valence-electron chi connectivity index (χ4n) is 2.22. The highest BCUT2D eigenvalue weighted by Crippen LogP contribution is 2.11. The van der Waals surface area contributed by atoms with Crippen molar-refractivity contribution in [2.45, 2.75) is 52.4 Å². The molecule has 1 unspecified atom stereocenters. The highest BCUT2D eigenvalue weighted by Gasteiger charge is 2.21. The van der Waals surface area contributed by atoms with E-state index in [0.717, 1.165) is 25.8 Å². The molecule has 0 radical (unpaired) electrons. The van der Waals surface area contributed by atoms with Crippen molar-refractivity contribution in [1.82, 2.24) is 15.1 Å². The molecule has 0 amide bonds. The normalized spacial score (nSPS) is 13.1. The molecule has 1 aromatic rings. The smallest absolute Gasteiger partial charge is 0.172 e. The van der Waals surface area contributed by atoms with Gasteiger partial charge in [0.05, 0.1) is 6.04 Å². The van der Waals surface area contributed by atoms with Gasteiger partial charge in [-0.15, -0.1) is 0 Å². The van der Waals surface area contributed by atoms with Gasteiger partial charge in [-0.3, -0.25) is 4.68 Å². The summed E-state index contributed by atoms with van der Waals surface area (Å²) in [5, 5.41) is 7.75. The predicted octanol–water partition coefficient (Wildman–Crippen LogP) is 2.12. The molecule has 0 saturated carbocycles. The number of aryl methyl sites for hydroxylation is 2. The number of ether oxygens (including phenoxy) is 2. The van der Waals surface area contributed by atoms with Crippen molar-refractivity contribution >= 4 is 0 Å². The van der Waals surface area contributed by atoms with Crippen LogP contribution in [0.2, 0.25) is 0 Å². The van der Waals surface area contributed by atoms with Crippen molar-refractivity contribution in [2.24, 2.45) is 7.05 Å². The van der Waals surface area contributed by atoms with Crippen molar-refractivity contribution < 1.29 is 9.47 Å². The minimum absolute atomic E-state index is 0.176. The van der Waals surface area contributed by atoms with E-state index in [9.17, 15) is 0 Å². The van der Waals surface area contributed by atoms with Crippen LogP contribution in [0.3, 0.4) is 0 Å². The third kappa shape index (κ3) is 5.61. The number of hydrogen-bond acceptors (Lipinski definition) is 4. The second-order valence-corrected chi connectivity index (χ2v) is 4.82. The van der Waals surface area contributed by atoms with Gasteiger partial charge >= 0.3 is 0 Å². The lowest BCUT2D eigenvalue weighted by molar-refractivity contribution is -0.154. The summed E-state index contributed by atoms with van der Waals surface area (Å²) in [6.07, 6.45) is 4.71. The van der Waals surface area contributed by atoms with E-state index >= 15 is 0 Å². The van der Waals surface area contributed by atoms with Crippen molar-refractivity contribution in [2.75, 3.05) is 19.8 Å². The molecular formula is C15H29N3O2. The molecule has 116 valence electrons. The largest absolute Gasteiger partial charge is 0.351 e. The Morgan fingerprint density at radius 2 is 1.95 bits per heavy atom. The van der Waals surface area contributed by atoms with E-state index in [1.165, 1.54) is 5.69 Å². The van der Waals surface area contributed by atoms with E-state index in [2.05, 4.69) is 23.4 Å². The average Bonchev–Trinajstić information content (AvgIpc) is 2.84. The van der Waals surface area contributed by atoms with E-state index in [0.29, 0.717) is 13.2 Å². The number of rotatable bonds is 11. The molecule has 0 fully saturated rings. The Morgan fingerprint density at radius 3 is 2.45 bits per heavy atom. The molecule has 0 bridgehead atoms. The first-order chi connectivity index (χ1) is 9.72. The van der Waals surface area contributed by atoms with Gasteiger partial charge in [-0.2, -0.15) is 5.10 Å². The summed E-state index contributed by atoms with van der Waals surface area (Å²) in [5.74, 6) is 0. The van der Waals surface area contributed by atoms with Gasteiger partial charge < -0.3 is 14.8 Å². The third-order valence-corrected chi connectivity index (χ3v) is 3.28. The maximum atomic E-state index is 5.73. The molecule has 0 aliphatic rings. The highest BCUT2D eigenvalue weighted by molar-refractivity contribution is 5.00. The predicted molar refractivity (Wildman–Crippen MR) is 80.7 cm³/mol. The third-order valence-electron chi connectivity index (χ3n) is 3.28. The minimum atomic E-state index is -0.176. The Bertz CT molecular complexity index is 349. The monoisotopic (exact) mass is 283 g/mol. The Labute approximate surface area is 122 Å². The Balaban J connectivity index is 2.59. The molecule has 0 aliphatic carbocycles. The molecule has 1 aromatic heterocycles. The fraction of sp³-hybridized carbons (Fsp3) is 0.800. The quantitative estimate of drug-likeness (QED) is 0.632. The topological polar surface area (TPSA) is 48.3 Å². The van der Waals surface area contributed by atoms with Gasteiger partial charge in [0.1, 0.15) is 0 Å². The van der Waals surface area contributed by atoms with Gasteiger partial charge in [0.15, 0.2) is 6.29 Å². The second kappa shape index (κ2) is 9.91. The molecule has 0 aromatic carbocycles. The van der Waals surface area contributed by atoms with E-state index in [4.69, 9.17) is 9.47 Å². The van der Waals surface area contributed by atoms with E-state index in [-0.39, 0.29) is 12.3 Å². The number of aromatic nitrogens is 2. The molecule has 1 rings (SSSR count). The highest BCUT2D eigenvalue weighted by atomic mass is 16.7. The van der Waals surface area contributed by atoms with Crippen LogP contribution in [0.4, 0.5) is 0 Å². The van der Waals surface area contributed by atoms with E-state index in [1.807, 2.05) is 31.8 Å². The summed E-state index contributed by atoms with van der Waals surface area (Å²) in [6, 6.07) is 2.28. The molecule has 0 spiro atoms. The zero-order valence-corrected chi connectivity index (χ0v) is 13.3. The lowest BCUT2D eigenvalue weighted by Gasteiger charge is -2.27. The van der Waals surface area contributed by atoms with Crippen molar-refractivity contribution in [3.05, 3.63) is 18.0 Å². The molecule has 0 saturated heterocycles. The maximum Gasteiger partial charge on any atom is 0.172 e. The minimum Gasteiger partial charge on any atom is -0.351 e. The SMILES string of the molecule is CCCNC(CCc1ccnn1C)C(OCC)OCC. The lowest BCUT2D eigenvalue weighted by atomic mass is 10.1. The van der Waals surface area contributed by atoms with Crippen LogP contribution in [0.15, 0.2) is 12.3 Å². The summed E-state index contributed by atoms with van der Waals surface area (Å²) in [7, 11) is 1.98. The molecule has 1 atom stereocenters. The average molecular weight is 283 g/mol. The van der Waals surface area contributed by atoms with Crippen LogP contribution in [0, 0.1) is 0 Å². The zero-order chi connectivity index (χ0) is 14.8. The summed E-state index contributed by atoms with van der Waals surface area (Å²) in [5.41, 5.74) is 1.24. The molecule has 0 aliphatic heterocycles. The molecule has 1 N–H and O–H groups in total. The van der Waals surface area contributed by atoms with Crippen LogP contribution in [0.25, 0.3) is 0 Å². The summed E-state index contributed by atoms with van der Waals surface area (Å²) < 4.78 is 13.4. The van der Waals surface area contributed by atoms with Crippen molar-refractivity contribution in [3.8, 4) is 0 Å². The van der Waals surface area contributed by atoms with Crippen LogP contribution >= 0.6 is 0 Å². The molecule has 20 heavy (non-hydrogen) atoms. The molecular weight excluding hydrogens is 254 g/mol. The van der Waals surface area contributed by atoms with Gasteiger partial charge in [-0.05, 0) is 45.7 Å². The summed E-state index contributed by atoms with van der Waals surface area (Å²) in [4.78, 5) is 0. The van der Waals surface area contributed by atoms with E-state index in [1.54, 1.807) is 0 Å². The van der Waals surface area contributed by atoms with Crippen LogP contribution in [-0.2, 0) is 22.9 Å². The number of nitrogens with one attached hydrogen (secondary N) is 1. The maximum absolute atomic E-state index is 5.73. The van der Waals surface area contributed by atoms with Crippen LogP contribution in [0.5, 0.6) is 0 Å². The summed E-state index contributed by atoms with van der Waals surface area (Å²) >= 11 is 0. The van der Waals surface area contributed by atoms with Crippen LogP contribution in [-0.4, -0.2) is 41.9 Å². The van der Waals surface area contributed by atoms with Crippen molar-refractivity contribution in [3.63, 3.8) is 0 Å². The Morgan fingerprint density at radius 1 is 1.25 bits per heavy atom. The zero-order valence-electron chi connectivity index (χ0n) is 13.3. The second-order valence-electron chi connectivity index (χ2n) is 4.82. The van der Waals surface area contributed by atoms with E-state index < -0.39 is 0 Å². The summed E-state index contributed by atoms with van der Waals surface area (Å²) in [6.45, 7) is 8.49. The number of hydrogen-bond donors (Lipinski definition) is 1. The Hall–Kier alpha value is -0.910. The first kappa shape index (κ1) is 17.1. The van der Waals surface area contributed by atoms with Gasteiger partial charge in [0.25, 0.3) is 0 Å². The van der Waals surface area contributed by atoms with Gasteiger partial charge in [0.2, 0.25) is 0 Å². The van der Waals surface area contributed by atoms with Gasteiger partial charge in [-0.25, -0.2) is 0 Å². The van der Waals surface area contributed by atoms with Crippen LogP contribution in [0.1, 0.15) is 39.3 Å². The first-order valence-electron chi connectivity index (χ1n) is 7.66. The Kier molecular flexibility index (Phi) is 8.49. The van der Waals surface area contributed by atoms with Gasteiger partial charge in [-0.1, -0.05) is 6.92 Å². The van der Waals surface area contributed by atoms with Gasteiger partial charge in [0, 0.05) is 32.2 Å². The molecule has 5 heteroatoms. The van der Waals surface area contributed by atoms with Crippen LogP contribution < -0.4 is 5.32 Å².